The number of rotatable bonds is 3. The highest BCUT2D eigenvalue weighted by Crippen LogP contribution is 2.26. The highest BCUT2D eigenvalue weighted by molar-refractivity contribution is 9.10. The largest absolute Gasteiger partial charge is 0.399 e. The summed E-state index contributed by atoms with van der Waals surface area (Å²) in [7, 11) is 0. The van der Waals surface area contributed by atoms with Crippen molar-refractivity contribution >= 4 is 21.6 Å². The first-order valence-corrected chi connectivity index (χ1v) is 7.33. The summed E-state index contributed by atoms with van der Waals surface area (Å²) < 4.78 is 2.83. The zero-order valence-corrected chi connectivity index (χ0v) is 13.0. The first kappa shape index (κ1) is 13.8. The molecular formula is C15H14BrN5. The van der Waals surface area contributed by atoms with E-state index in [0.29, 0.717) is 11.5 Å². The van der Waals surface area contributed by atoms with Gasteiger partial charge in [-0.25, -0.2) is 4.68 Å². The van der Waals surface area contributed by atoms with Crippen LogP contribution >= 0.6 is 15.9 Å². The molecule has 3 rings (SSSR count). The molecule has 0 radical (unpaired) electrons. The second-order valence-corrected chi connectivity index (χ2v) is 5.72. The van der Waals surface area contributed by atoms with Crippen molar-refractivity contribution in [2.45, 2.75) is 13.0 Å². The van der Waals surface area contributed by atoms with Crippen LogP contribution in [0.4, 0.5) is 5.69 Å². The average Bonchev–Trinajstić information content (AvgIpc) is 2.96. The Labute approximate surface area is 130 Å². The van der Waals surface area contributed by atoms with Crippen LogP contribution in [0.1, 0.15) is 18.5 Å². The predicted octanol–water partition coefficient (Wildman–Crippen LogP) is 3.29. The van der Waals surface area contributed by atoms with Gasteiger partial charge < -0.3 is 5.73 Å². The maximum Gasteiger partial charge on any atom is 0.182 e. The second-order valence-electron chi connectivity index (χ2n) is 4.80. The van der Waals surface area contributed by atoms with Gasteiger partial charge >= 0.3 is 0 Å². The Hall–Kier alpha value is -2.21. The fraction of sp³-hybridized carbons (Fsp3) is 0.133. The molecule has 0 fully saturated rings. The van der Waals surface area contributed by atoms with Crippen molar-refractivity contribution < 1.29 is 0 Å². The number of tetrazole rings is 1. The third-order valence-electron chi connectivity index (χ3n) is 3.34. The lowest BCUT2D eigenvalue weighted by molar-refractivity contribution is 0.548. The number of halogens is 1. The number of nitrogen functional groups attached to an aromatic ring is 1. The van der Waals surface area contributed by atoms with Gasteiger partial charge in [0.15, 0.2) is 5.82 Å². The summed E-state index contributed by atoms with van der Waals surface area (Å²) in [6, 6.07) is 15.7. The molecule has 0 amide bonds. The summed E-state index contributed by atoms with van der Waals surface area (Å²) in [5, 5.41) is 12.1. The minimum atomic E-state index is 0.0222. The first-order valence-electron chi connectivity index (χ1n) is 6.54. The van der Waals surface area contributed by atoms with Crippen molar-refractivity contribution in [1.82, 2.24) is 20.2 Å². The molecule has 2 N–H and O–H groups in total. The lowest BCUT2D eigenvalue weighted by Gasteiger charge is -2.14. The SMILES string of the molecule is CC(c1cccc(Br)c1)n1nnnc1-c1cccc(N)c1. The van der Waals surface area contributed by atoms with Crippen LogP contribution in [-0.2, 0) is 0 Å². The molecule has 1 aromatic heterocycles. The molecule has 2 aromatic carbocycles. The molecule has 0 bridgehead atoms. The highest BCUT2D eigenvalue weighted by Gasteiger charge is 2.16. The third kappa shape index (κ3) is 2.80. The summed E-state index contributed by atoms with van der Waals surface area (Å²) in [6.45, 7) is 2.06. The fourth-order valence-electron chi connectivity index (χ4n) is 2.23. The van der Waals surface area contributed by atoms with Crippen LogP contribution in [0.15, 0.2) is 53.0 Å². The molecule has 0 saturated carbocycles. The van der Waals surface area contributed by atoms with Crippen molar-refractivity contribution in [2.24, 2.45) is 0 Å². The van der Waals surface area contributed by atoms with E-state index in [4.69, 9.17) is 5.73 Å². The molecule has 0 aliphatic rings. The van der Waals surface area contributed by atoms with Crippen molar-refractivity contribution in [3.8, 4) is 11.4 Å². The van der Waals surface area contributed by atoms with Crippen LogP contribution < -0.4 is 5.73 Å². The molecule has 3 aromatic rings. The maximum absolute atomic E-state index is 5.84. The topological polar surface area (TPSA) is 69.6 Å². The maximum atomic E-state index is 5.84. The lowest BCUT2D eigenvalue weighted by Crippen LogP contribution is -2.10. The van der Waals surface area contributed by atoms with Crippen molar-refractivity contribution in [2.75, 3.05) is 5.73 Å². The van der Waals surface area contributed by atoms with E-state index in [1.807, 2.05) is 36.4 Å². The van der Waals surface area contributed by atoms with Crippen LogP contribution in [0.2, 0.25) is 0 Å². The Morgan fingerprint density at radius 3 is 2.71 bits per heavy atom. The minimum absolute atomic E-state index is 0.0222. The molecular weight excluding hydrogens is 330 g/mol. The molecule has 1 heterocycles. The van der Waals surface area contributed by atoms with Crippen molar-refractivity contribution in [3.63, 3.8) is 0 Å². The predicted molar refractivity (Wildman–Crippen MR) is 85.6 cm³/mol. The van der Waals surface area contributed by atoms with Gasteiger partial charge in [0.05, 0.1) is 6.04 Å². The summed E-state index contributed by atoms with van der Waals surface area (Å²) >= 11 is 3.49. The van der Waals surface area contributed by atoms with Crippen LogP contribution in [0.3, 0.4) is 0 Å². The van der Waals surface area contributed by atoms with Gasteiger partial charge in [-0.15, -0.1) is 5.10 Å². The average molecular weight is 344 g/mol. The van der Waals surface area contributed by atoms with E-state index in [9.17, 15) is 0 Å². The van der Waals surface area contributed by atoms with Gasteiger partial charge in [0, 0.05) is 15.7 Å². The molecule has 0 aliphatic carbocycles. The summed E-state index contributed by atoms with van der Waals surface area (Å²) in [4.78, 5) is 0. The third-order valence-corrected chi connectivity index (χ3v) is 3.83. The smallest absolute Gasteiger partial charge is 0.182 e. The van der Waals surface area contributed by atoms with Crippen LogP contribution in [-0.4, -0.2) is 20.2 Å². The lowest BCUT2D eigenvalue weighted by atomic mass is 10.1. The molecule has 1 unspecified atom stereocenters. The zero-order valence-electron chi connectivity index (χ0n) is 11.4. The van der Waals surface area contributed by atoms with E-state index in [1.165, 1.54) is 0 Å². The Balaban J connectivity index is 2.03. The molecule has 21 heavy (non-hydrogen) atoms. The first-order chi connectivity index (χ1) is 10.1. The number of aromatic nitrogens is 4. The van der Waals surface area contributed by atoms with Gasteiger partial charge in [0.2, 0.25) is 0 Å². The summed E-state index contributed by atoms with van der Waals surface area (Å²) in [5.41, 5.74) is 8.56. The number of nitrogens with two attached hydrogens (primary N) is 1. The van der Waals surface area contributed by atoms with E-state index in [1.54, 1.807) is 4.68 Å². The van der Waals surface area contributed by atoms with Gasteiger partial charge in [0.1, 0.15) is 0 Å². The van der Waals surface area contributed by atoms with E-state index in [0.717, 1.165) is 15.6 Å². The summed E-state index contributed by atoms with van der Waals surface area (Å²) in [5.74, 6) is 0.703. The van der Waals surface area contributed by atoms with E-state index in [2.05, 4.69) is 50.5 Å². The van der Waals surface area contributed by atoms with Crippen LogP contribution in [0, 0.1) is 0 Å². The number of benzene rings is 2. The Kier molecular flexibility index (Phi) is 3.70. The monoisotopic (exact) mass is 343 g/mol. The van der Waals surface area contributed by atoms with Crippen molar-refractivity contribution in [3.05, 3.63) is 58.6 Å². The van der Waals surface area contributed by atoms with Gasteiger partial charge in [0.25, 0.3) is 0 Å². The van der Waals surface area contributed by atoms with E-state index < -0.39 is 0 Å². The number of nitrogens with zero attached hydrogens (tertiary/aromatic N) is 4. The molecule has 106 valence electrons. The molecule has 0 spiro atoms. The van der Waals surface area contributed by atoms with E-state index in [-0.39, 0.29) is 6.04 Å². The second kappa shape index (κ2) is 5.65. The molecule has 0 aliphatic heterocycles. The Morgan fingerprint density at radius 1 is 1.14 bits per heavy atom. The highest BCUT2D eigenvalue weighted by atomic mass is 79.9. The fourth-order valence-corrected chi connectivity index (χ4v) is 2.65. The number of hydrogen-bond acceptors (Lipinski definition) is 4. The standard InChI is InChI=1S/C15H14BrN5/c1-10(11-4-2-6-13(16)8-11)21-15(18-19-20-21)12-5-3-7-14(17)9-12/h2-10H,17H2,1H3. The normalized spacial score (nSPS) is 12.3. The molecule has 1 atom stereocenters. The number of anilines is 1. The number of hydrogen-bond donors (Lipinski definition) is 1. The van der Waals surface area contributed by atoms with E-state index >= 15 is 0 Å². The van der Waals surface area contributed by atoms with Gasteiger partial charge in [-0.1, -0.05) is 40.2 Å². The van der Waals surface area contributed by atoms with Gasteiger partial charge in [-0.3, -0.25) is 0 Å². The Morgan fingerprint density at radius 2 is 1.95 bits per heavy atom. The van der Waals surface area contributed by atoms with Gasteiger partial charge in [-0.2, -0.15) is 0 Å². The molecule has 0 saturated heterocycles. The van der Waals surface area contributed by atoms with Crippen LogP contribution in [0.25, 0.3) is 11.4 Å². The molecule has 6 heteroatoms. The Bertz CT molecular complexity index is 768. The van der Waals surface area contributed by atoms with Gasteiger partial charge in [-0.05, 0) is 47.2 Å². The quantitative estimate of drug-likeness (QED) is 0.740. The zero-order chi connectivity index (χ0) is 14.8. The minimum Gasteiger partial charge on any atom is -0.399 e. The molecule has 5 nitrogen and oxygen atoms in total. The summed E-state index contributed by atoms with van der Waals surface area (Å²) in [6.07, 6.45) is 0. The van der Waals surface area contributed by atoms with Crippen LogP contribution in [0.5, 0.6) is 0 Å². The van der Waals surface area contributed by atoms with Crippen molar-refractivity contribution in [1.29, 1.82) is 0 Å².